The molecular weight excluding hydrogens is 215 g/mol. The summed E-state index contributed by atoms with van der Waals surface area (Å²) in [5, 5.41) is 1.60. The summed E-state index contributed by atoms with van der Waals surface area (Å²) in [7, 11) is 0. The third-order valence-corrected chi connectivity index (χ3v) is 1.34. The minimum atomic E-state index is -4.91. The highest BCUT2D eigenvalue weighted by molar-refractivity contribution is 6.25. The molecule has 0 aliphatic rings. The molecule has 0 saturated heterocycles. The van der Waals surface area contributed by atoms with E-state index in [2.05, 4.69) is 4.79 Å². The van der Waals surface area contributed by atoms with E-state index in [0.29, 0.717) is 6.21 Å². The van der Waals surface area contributed by atoms with Crippen LogP contribution in [-0.4, -0.2) is 35.4 Å². The van der Waals surface area contributed by atoms with Gasteiger partial charge in [0.15, 0.2) is 0 Å². The van der Waals surface area contributed by atoms with Gasteiger partial charge in [0.2, 0.25) is 5.78 Å². The molecule has 0 spiro atoms. The first kappa shape index (κ1) is 13.3. The Bertz CT molecular complexity index is 294. The molecule has 0 aromatic heterocycles. The topological polar surface area (TPSA) is 82.6 Å². The first-order valence-electron chi connectivity index (χ1n) is 3.93. The molecule has 0 aliphatic heterocycles. The molecule has 5 nitrogen and oxygen atoms in total. The van der Waals surface area contributed by atoms with Crippen molar-refractivity contribution in [1.82, 2.24) is 5.32 Å². The van der Waals surface area contributed by atoms with E-state index in [1.54, 1.807) is 5.32 Å². The normalized spacial score (nSPS) is 10.3. The van der Waals surface area contributed by atoms with Gasteiger partial charge in [-0.05, 0) is 6.42 Å². The molecule has 0 heterocycles. The molecule has 0 radical (unpaired) electrons. The number of ketones is 1. The molecule has 8 heteroatoms. The van der Waals surface area contributed by atoms with Gasteiger partial charge in [0, 0.05) is 13.0 Å². The average Bonchev–Trinajstić information content (AvgIpc) is 2.11. The zero-order valence-electron chi connectivity index (χ0n) is 7.54. The van der Waals surface area contributed by atoms with Crippen LogP contribution in [-0.2, 0) is 9.59 Å². The highest BCUT2D eigenvalue weighted by atomic mass is 19.4. The predicted molar refractivity (Wildman–Crippen MR) is 43.0 cm³/mol. The van der Waals surface area contributed by atoms with Crippen LogP contribution in [0.25, 0.3) is 5.53 Å². The Labute approximate surface area is 82.9 Å². The van der Waals surface area contributed by atoms with Gasteiger partial charge in [-0.25, -0.2) is 0 Å². The van der Waals surface area contributed by atoms with Gasteiger partial charge < -0.3 is 10.8 Å². The van der Waals surface area contributed by atoms with E-state index in [-0.39, 0.29) is 19.4 Å². The third kappa shape index (κ3) is 6.39. The summed E-state index contributed by atoms with van der Waals surface area (Å²) in [6.07, 6.45) is -4.31. The number of hydrogen-bond acceptors (Lipinski definition) is 2. The van der Waals surface area contributed by atoms with Crippen LogP contribution in [0.1, 0.15) is 12.8 Å². The first-order valence-corrected chi connectivity index (χ1v) is 3.93. The zero-order chi connectivity index (χ0) is 11.9. The van der Waals surface area contributed by atoms with Gasteiger partial charge in [-0.15, -0.1) is 0 Å². The number of nitrogens with zero attached hydrogens (tertiary/aromatic N) is 2. The molecule has 0 atom stereocenters. The van der Waals surface area contributed by atoms with Crippen LogP contribution in [0.15, 0.2) is 0 Å². The number of halogens is 3. The van der Waals surface area contributed by atoms with E-state index in [4.69, 9.17) is 5.53 Å². The number of rotatable bonds is 5. The number of carbonyl (C=O) groups is 2. The second-order valence-electron chi connectivity index (χ2n) is 2.57. The van der Waals surface area contributed by atoms with Crippen molar-refractivity contribution in [2.45, 2.75) is 19.0 Å². The largest absolute Gasteiger partial charge is 0.471 e. The Kier molecular flexibility index (Phi) is 5.25. The van der Waals surface area contributed by atoms with Crippen molar-refractivity contribution in [3.05, 3.63) is 5.53 Å². The van der Waals surface area contributed by atoms with Gasteiger partial charge in [-0.2, -0.15) is 18.0 Å². The van der Waals surface area contributed by atoms with E-state index in [1.165, 1.54) is 0 Å². The van der Waals surface area contributed by atoms with Crippen LogP contribution in [0, 0.1) is 0 Å². The molecule has 0 fully saturated rings. The van der Waals surface area contributed by atoms with Crippen molar-refractivity contribution < 1.29 is 27.6 Å². The molecule has 1 amide bonds. The Balaban J connectivity index is 3.69. The summed E-state index contributed by atoms with van der Waals surface area (Å²) in [6, 6.07) is 0. The predicted octanol–water partition coefficient (Wildman–Crippen LogP) is 0.315. The second kappa shape index (κ2) is 5.92. The summed E-state index contributed by atoms with van der Waals surface area (Å²) in [6.45, 7) is -0.261. The van der Waals surface area contributed by atoms with Crippen LogP contribution in [0.3, 0.4) is 0 Å². The lowest BCUT2D eigenvalue weighted by molar-refractivity contribution is -0.173. The number of carbonyl (C=O) groups excluding carboxylic acids is 2. The van der Waals surface area contributed by atoms with Crippen LogP contribution < -0.4 is 5.32 Å². The van der Waals surface area contributed by atoms with Gasteiger partial charge in [0.1, 0.15) is 0 Å². The lowest BCUT2D eigenvalue weighted by atomic mass is 10.2. The van der Waals surface area contributed by atoms with E-state index in [9.17, 15) is 22.8 Å². The van der Waals surface area contributed by atoms with Gasteiger partial charge in [0.25, 0.3) is 0 Å². The molecule has 15 heavy (non-hydrogen) atoms. The van der Waals surface area contributed by atoms with E-state index >= 15 is 0 Å². The average molecular weight is 223 g/mol. The molecule has 0 unspecified atom stereocenters. The number of Topliss-reactive ketones (excluding diaryl/α,β-unsaturated/α-hetero) is 1. The van der Waals surface area contributed by atoms with Crippen LogP contribution in [0.2, 0.25) is 0 Å². The maximum absolute atomic E-state index is 11.6. The summed E-state index contributed by atoms with van der Waals surface area (Å²) in [4.78, 5) is 23.3. The first-order chi connectivity index (χ1) is 6.88. The molecular formula is C7H8F3N3O2. The number of hydrogen-bond donors (Lipinski definition) is 1. The quantitative estimate of drug-likeness (QED) is 0.315. The smallest absolute Gasteiger partial charge is 0.361 e. The van der Waals surface area contributed by atoms with Crippen molar-refractivity contribution in [2.24, 2.45) is 0 Å². The highest BCUT2D eigenvalue weighted by Gasteiger charge is 2.38. The molecule has 0 aliphatic carbocycles. The van der Waals surface area contributed by atoms with Crippen LogP contribution >= 0.6 is 0 Å². The maximum Gasteiger partial charge on any atom is 0.471 e. The van der Waals surface area contributed by atoms with Crippen molar-refractivity contribution >= 4 is 17.9 Å². The van der Waals surface area contributed by atoms with Gasteiger partial charge in [0.05, 0.1) is 0 Å². The zero-order valence-corrected chi connectivity index (χ0v) is 7.54. The van der Waals surface area contributed by atoms with Crippen molar-refractivity contribution in [3.63, 3.8) is 0 Å². The Morgan fingerprint density at radius 2 is 2.00 bits per heavy atom. The van der Waals surface area contributed by atoms with Crippen molar-refractivity contribution in [1.29, 1.82) is 0 Å². The van der Waals surface area contributed by atoms with Crippen molar-refractivity contribution in [2.75, 3.05) is 6.54 Å². The molecule has 0 rings (SSSR count). The van der Waals surface area contributed by atoms with E-state index in [1.807, 2.05) is 0 Å². The Hall–Kier alpha value is -1.69. The fourth-order valence-corrected chi connectivity index (χ4v) is 0.694. The van der Waals surface area contributed by atoms with E-state index < -0.39 is 17.9 Å². The lowest BCUT2D eigenvalue weighted by Crippen LogP contribution is -2.37. The number of nitrogens with one attached hydrogen (secondary N) is 1. The third-order valence-electron chi connectivity index (χ3n) is 1.34. The number of alkyl halides is 3. The Morgan fingerprint density at radius 3 is 2.47 bits per heavy atom. The maximum atomic E-state index is 11.6. The minimum absolute atomic E-state index is 0.0483. The monoisotopic (exact) mass is 223 g/mol. The number of amides is 1. The molecule has 1 N–H and O–H groups in total. The molecule has 0 aromatic carbocycles. The molecule has 0 aromatic rings. The molecule has 0 bridgehead atoms. The lowest BCUT2D eigenvalue weighted by Gasteiger charge is -2.06. The summed E-state index contributed by atoms with van der Waals surface area (Å²) >= 11 is 0. The van der Waals surface area contributed by atoms with Gasteiger partial charge in [-0.3, -0.25) is 9.59 Å². The van der Waals surface area contributed by atoms with Crippen molar-refractivity contribution in [3.8, 4) is 0 Å². The minimum Gasteiger partial charge on any atom is -0.361 e. The second-order valence-corrected chi connectivity index (χ2v) is 2.57. The summed E-state index contributed by atoms with van der Waals surface area (Å²) < 4.78 is 34.9. The van der Waals surface area contributed by atoms with E-state index in [0.717, 1.165) is 0 Å². The van der Waals surface area contributed by atoms with Crippen LogP contribution in [0.4, 0.5) is 13.2 Å². The standard InChI is InChI=1S/C7H8F3N3O2/c8-7(9,10)6(15)12-3-1-2-5(14)4-13-11/h4H,1-3H2,(H,12,15). The molecule has 84 valence electrons. The fraction of sp³-hybridized carbons (Fsp3) is 0.571. The molecule has 0 saturated carbocycles. The summed E-state index contributed by atoms with van der Waals surface area (Å²) in [5.41, 5.74) is 7.92. The van der Waals surface area contributed by atoms with Crippen LogP contribution in [0.5, 0.6) is 0 Å². The highest BCUT2D eigenvalue weighted by Crippen LogP contribution is 2.13. The summed E-state index contributed by atoms with van der Waals surface area (Å²) in [5.74, 6) is -2.57. The van der Waals surface area contributed by atoms with Gasteiger partial charge >= 0.3 is 18.3 Å². The fourth-order valence-electron chi connectivity index (χ4n) is 0.694. The SMILES string of the molecule is [N-]=[N+]=CC(=O)CCCNC(=O)C(F)(F)F. The Morgan fingerprint density at radius 1 is 1.40 bits per heavy atom. The van der Waals surface area contributed by atoms with Gasteiger partial charge in [-0.1, -0.05) is 0 Å².